The molecule has 4 bridgehead atoms. The van der Waals surface area contributed by atoms with Crippen LogP contribution < -0.4 is 19.6 Å². The second-order valence-electron chi connectivity index (χ2n) is 20.2. The predicted octanol–water partition coefficient (Wildman–Crippen LogP) is 13.3. The van der Waals surface area contributed by atoms with E-state index in [0.29, 0.717) is 63.2 Å². The average molecular weight is 945 g/mol. The predicted molar refractivity (Wildman–Crippen MR) is 280 cm³/mol. The summed E-state index contributed by atoms with van der Waals surface area (Å²) in [6.45, 7) is 37.1. The zero-order valence-corrected chi connectivity index (χ0v) is 43.8. The molecule has 1 saturated heterocycles. The number of ketones is 2. The highest BCUT2D eigenvalue weighted by molar-refractivity contribution is 6.16. The number of methoxy groups -OCH3 is 1. The van der Waals surface area contributed by atoms with E-state index in [-0.39, 0.29) is 34.4 Å². The number of hydrogen-bond acceptors (Lipinski definition) is 10. The molecule has 0 radical (unpaired) electrons. The van der Waals surface area contributed by atoms with Gasteiger partial charge in [-0.3, -0.25) is 14.4 Å². The molecule has 69 heavy (non-hydrogen) atoms. The van der Waals surface area contributed by atoms with Gasteiger partial charge < -0.3 is 33.2 Å². The zero-order chi connectivity index (χ0) is 51.9. The highest BCUT2D eigenvalue weighted by atomic mass is 16.6. The maximum atomic E-state index is 13.5. The van der Waals surface area contributed by atoms with Crippen molar-refractivity contribution in [2.45, 2.75) is 143 Å². The molecule has 372 valence electrons. The smallest absolute Gasteiger partial charge is 0.205 e. The zero-order valence-electron chi connectivity index (χ0n) is 43.8. The second-order valence-corrected chi connectivity index (χ2v) is 20.2. The largest absolute Gasteiger partial charge is 0.480 e. The van der Waals surface area contributed by atoms with E-state index in [1.807, 2.05) is 112 Å². The van der Waals surface area contributed by atoms with Gasteiger partial charge in [-0.05, 0) is 144 Å². The molecule has 4 unspecified atom stereocenters. The molecule has 0 amide bonds. The minimum absolute atomic E-state index is 0.0260. The molecule has 3 aromatic carbocycles. The van der Waals surface area contributed by atoms with Crippen molar-refractivity contribution in [3.8, 4) is 17.2 Å². The SMILES string of the molecule is C=CC(C)(C)OC.C=CC(C)(C)Oc1ccc2c(=O)c3ccccc3oc2c1OC(C)(C)C=C.CC(C)=CCC12OC(C)(C)C3CC(C=C4C(=O)c5ccccc5OC431)C2=O.CCC=C(C)C.CO. The van der Waals surface area contributed by atoms with Crippen LogP contribution in [0, 0.1) is 11.8 Å². The van der Waals surface area contributed by atoms with Crippen LogP contribution in [0.4, 0.5) is 0 Å². The molecular weight excluding hydrogens is 869 g/mol. The molecule has 4 atom stereocenters. The molecule has 4 aromatic rings. The summed E-state index contributed by atoms with van der Waals surface area (Å²) in [6, 6.07) is 17.9. The van der Waals surface area contributed by atoms with Crippen molar-refractivity contribution < 1.29 is 42.8 Å². The van der Waals surface area contributed by atoms with Crippen LogP contribution in [0.15, 0.2) is 143 Å². The van der Waals surface area contributed by atoms with E-state index in [1.165, 1.54) is 12.0 Å². The van der Waals surface area contributed by atoms with Gasteiger partial charge in [0.1, 0.15) is 22.5 Å². The fourth-order valence-corrected chi connectivity index (χ4v) is 8.86. The summed E-state index contributed by atoms with van der Waals surface area (Å²) >= 11 is 0. The van der Waals surface area contributed by atoms with Crippen LogP contribution in [0.5, 0.6) is 17.2 Å². The Morgan fingerprint density at radius 3 is 1.91 bits per heavy atom. The number of rotatable bonds is 11. The van der Waals surface area contributed by atoms with E-state index < -0.39 is 28.0 Å². The van der Waals surface area contributed by atoms with Crippen molar-refractivity contribution in [2.24, 2.45) is 11.8 Å². The first kappa shape index (κ1) is 55.8. The minimum Gasteiger partial charge on any atom is -0.480 e. The highest BCUT2D eigenvalue weighted by Crippen LogP contribution is 2.67. The number of aliphatic hydroxyl groups is 1. The van der Waals surface area contributed by atoms with Crippen molar-refractivity contribution in [1.29, 1.82) is 0 Å². The van der Waals surface area contributed by atoms with Gasteiger partial charge in [-0.25, -0.2) is 0 Å². The Hall–Kier alpha value is -5.81. The molecular formula is C59H76O10. The Morgan fingerprint density at radius 1 is 0.783 bits per heavy atom. The van der Waals surface area contributed by atoms with Crippen LogP contribution in [-0.4, -0.2) is 64.5 Å². The second kappa shape index (κ2) is 21.9. The Balaban J connectivity index is 0.000000233. The molecule has 2 fully saturated rings. The summed E-state index contributed by atoms with van der Waals surface area (Å²) in [4.78, 5) is 39.9. The highest BCUT2D eigenvalue weighted by Gasteiger charge is 2.81. The third kappa shape index (κ3) is 11.5. The van der Waals surface area contributed by atoms with Gasteiger partial charge in [0.05, 0.1) is 27.5 Å². The Bertz CT molecular complexity index is 2700. The van der Waals surface area contributed by atoms with Crippen LogP contribution in [0.2, 0.25) is 0 Å². The Kier molecular flexibility index (Phi) is 17.7. The molecule has 9 rings (SSSR count). The number of carbonyl (C=O) groups is 2. The minimum atomic E-state index is -1.14. The van der Waals surface area contributed by atoms with Crippen LogP contribution in [0.1, 0.15) is 120 Å². The van der Waals surface area contributed by atoms with Crippen molar-refractivity contribution in [3.63, 3.8) is 0 Å². The van der Waals surface area contributed by atoms with E-state index in [4.69, 9.17) is 33.2 Å². The van der Waals surface area contributed by atoms with Crippen LogP contribution in [-0.2, 0) is 14.3 Å². The first-order chi connectivity index (χ1) is 32.3. The lowest BCUT2D eigenvalue weighted by Gasteiger charge is -2.56. The number of fused-ring (bicyclic) bond motifs is 3. The third-order valence-electron chi connectivity index (χ3n) is 12.8. The summed E-state index contributed by atoms with van der Waals surface area (Å²) in [7, 11) is 2.67. The van der Waals surface area contributed by atoms with Gasteiger partial charge in [-0.1, -0.05) is 79.8 Å². The van der Waals surface area contributed by atoms with Crippen molar-refractivity contribution in [3.05, 3.63) is 149 Å². The van der Waals surface area contributed by atoms with Gasteiger partial charge in [0.25, 0.3) is 0 Å². The standard InChI is InChI=1S/2C23H24O4.C6H12O.C6H12.CH4O/c1-13(2)9-10-22-20(25)14-11-16-19(24)15-7-5-6-8-17(15)26-23(16,22)18(12-14)21(3,4)27-22;1-7-22(3,4)26-18-14-13-16-19(24)15-11-9-10-12-17(15)25-20(16)21(18)27-23(5,6)8-2;1-5-6(2,3)7-4;1-4-5-6(2)3;1-2/h5-9,11,14,18H,10,12H2,1-4H3;7-14H,1-2H2,3-6H3;5H,1H2,2-4H3;5H,4H2,1-3H3;2H,1H3. The monoisotopic (exact) mass is 945 g/mol. The molecule has 1 spiro atoms. The quantitative estimate of drug-likeness (QED) is 0.115. The molecule has 1 saturated carbocycles. The number of para-hydroxylation sites is 2. The molecule has 10 nitrogen and oxygen atoms in total. The summed E-state index contributed by atoms with van der Waals surface area (Å²) < 4.78 is 36.5. The number of aliphatic hydroxyl groups excluding tert-OH is 1. The van der Waals surface area contributed by atoms with E-state index >= 15 is 0 Å². The third-order valence-corrected chi connectivity index (χ3v) is 12.8. The number of benzene rings is 3. The number of ether oxygens (including phenoxy) is 5. The number of hydrogen-bond donors (Lipinski definition) is 1. The lowest BCUT2D eigenvalue weighted by molar-refractivity contribution is -0.171. The Morgan fingerprint density at radius 2 is 1.36 bits per heavy atom. The summed E-state index contributed by atoms with van der Waals surface area (Å²) in [6.07, 6.45) is 13.5. The van der Waals surface area contributed by atoms with E-state index in [2.05, 4.69) is 46.6 Å². The molecule has 2 aliphatic heterocycles. The van der Waals surface area contributed by atoms with Crippen molar-refractivity contribution >= 4 is 33.5 Å². The number of allylic oxidation sites excluding steroid dienone is 4. The van der Waals surface area contributed by atoms with Gasteiger partial charge >= 0.3 is 0 Å². The molecule has 3 heterocycles. The number of Topliss-reactive ketones (excluding diaryl/α,β-unsaturated/α-hetero) is 2. The molecule has 1 N–H and O–H groups in total. The number of carbonyl (C=O) groups excluding carboxylic acids is 2. The lowest BCUT2D eigenvalue weighted by atomic mass is 9.51. The molecule has 10 heteroatoms. The summed E-state index contributed by atoms with van der Waals surface area (Å²) in [5.74, 6) is 1.10. The van der Waals surface area contributed by atoms with Gasteiger partial charge in [0.2, 0.25) is 11.2 Å². The molecule has 3 aliphatic carbocycles. The van der Waals surface area contributed by atoms with Crippen molar-refractivity contribution in [2.75, 3.05) is 14.2 Å². The average Bonchev–Trinajstić information content (AvgIpc) is 3.47. The van der Waals surface area contributed by atoms with Gasteiger partial charge in [0.15, 0.2) is 34.1 Å². The van der Waals surface area contributed by atoms with Crippen LogP contribution in [0.3, 0.4) is 0 Å². The van der Waals surface area contributed by atoms with Gasteiger partial charge in [-0.2, -0.15) is 0 Å². The van der Waals surface area contributed by atoms with Crippen LogP contribution in [0.25, 0.3) is 21.9 Å². The Labute approximate surface area is 410 Å². The van der Waals surface area contributed by atoms with E-state index in [1.54, 1.807) is 55.7 Å². The normalized spacial score (nSPS) is 21.2. The van der Waals surface area contributed by atoms with E-state index in [9.17, 15) is 14.4 Å². The first-order valence-corrected chi connectivity index (χ1v) is 23.6. The molecule has 1 aromatic heterocycles. The summed E-state index contributed by atoms with van der Waals surface area (Å²) in [5, 5.41) is 7.96. The maximum Gasteiger partial charge on any atom is 0.205 e. The van der Waals surface area contributed by atoms with Gasteiger partial charge in [0, 0.05) is 38.0 Å². The summed E-state index contributed by atoms with van der Waals surface area (Å²) in [5.41, 5.74) is 0.269. The fourth-order valence-electron chi connectivity index (χ4n) is 8.86. The van der Waals surface area contributed by atoms with E-state index in [0.717, 1.165) is 12.7 Å². The van der Waals surface area contributed by atoms with Gasteiger partial charge in [-0.15, -0.1) is 6.58 Å². The lowest BCUT2D eigenvalue weighted by Crippen LogP contribution is -2.72. The first-order valence-electron chi connectivity index (χ1n) is 23.6. The fraction of sp³-hybridized carbons (Fsp3) is 0.441. The maximum absolute atomic E-state index is 13.5. The molecule has 5 aliphatic rings. The van der Waals surface area contributed by atoms with Crippen LogP contribution >= 0.6 is 0 Å². The van der Waals surface area contributed by atoms with Crippen molar-refractivity contribution in [1.82, 2.24) is 0 Å². The topological polar surface area (TPSA) is 131 Å².